The Balaban J connectivity index is 2.02. The molecule has 0 spiro atoms. The number of carbonyl (C=O) groups is 1. The Hall–Kier alpha value is -2.67. The third-order valence-electron chi connectivity index (χ3n) is 2.97. The van der Waals surface area contributed by atoms with Crippen LogP contribution in [0.25, 0.3) is 0 Å². The molecule has 120 valence electrons. The SMILES string of the molecule is COc1ccc(NC(=S)NC(=O)c2ccc(F)cc2)cc1OC. The van der Waals surface area contributed by atoms with Gasteiger partial charge in [-0.25, -0.2) is 4.39 Å². The molecule has 0 saturated carbocycles. The van der Waals surface area contributed by atoms with E-state index in [-0.39, 0.29) is 5.11 Å². The minimum Gasteiger partial charge on any atom is -0.493 e. The minimum absolute atomic E-state index is 0.117. The maximum absolute atomic E-state index is 12.8. The highest BCUT2D eigenvalue weighted by Crippen LogP contribution is 2.29. The van der Waals surface area contributed by atoms with E-state index in [4.69, 9.17) is 21.7 Å². The maximum atomic E-state index is 12.8. The number of carbonyl (C=O) groups excluding carboxylic acids is 1. The third kappa shape index (κ3) is 4.40. The third-order valence-corrected chi connectivity index (χ3v) is 3.18. The second kappa shape index (κ2) is 7.55. The summed E-state index contributed by atoms with van der Waals surface area (Å²) in [6, 6.07) is 10.3. The molecule has 0 fully saturated rings. The Labute approximate surface area is 138 Å². The molecule has 7 heteroatoms. The van der Waals surface area contributed by atoms with E-state index in [1.807, 2.05) is 0 Å². The fourth-order valence-electron chi connectivity index (χ4n) is 1.85. The molecule has 0 aliphatic heterocycles. The van der Waals surface area contributed by atoms with Crippen LogP contribution in [0.4, 0.5) is 10.1 Å². The summed E-state index contributed by atoms with van der Waals surface area (Å²) in [5.74, 6) is 0.278. The Morgan fingerprint density at radius 2 is 1.70 bits per heavy atom. The van der Waals surface area contributed by atoms with Crippen LogP contribution in [0.15, 0.2) is 42.5 Å². The number of methoxy groups -OCH3 is 2. The number of nitrogens with one attached hydrogen (secondary N) is 2. The molecule has 2 aromatic rings. The number of ether oxygens (including phenoxy) is 2. The first kappa shape index (κ1) is 16.7. The lowest BCUT2D eigenvalue weighted by Crippen LogP contribution is -2.34. The zero-order valence-corrected chi connectivity index (χ0v) is 13.4. The van der Waals surface area contributed by atoms with E-state index in [0.717, 1.165) is 0 Å². The van der Waals surface area contributed by atoms with Crippen LogP contribution in [0.5, 0.6) is 11.5 Å². The van der Waals surface area contributed by atoms with E-state index in [2.05, 4.69) is 10.6 Å². The second-order valence-electron chi connectivity index (χ2n) is 4.48. The summed E-state index contributed by atoms with van der Waals surface area (Å²) < 4.78 is 23.2. The van der Waals surface area contributed by atoms with Crippen molar-refractivity contribution in [2.75, 3.05) is 19.5 Å². The molecule has 2 rings (SSSR count). The van der Waals surface area contributed by atoms with E-state index < -0.39 is 11.7 Å². The number of thiocarbonyl (C=S) groups is 1. The lowest BCUT2D eigenvalue weighted by atomic mass is 10.2. The molecule has 0 aromatic heterocycles. The first-order valence-electron chi connectivity index (χ1n) is 6.63. The average molecular weight is 334 g/mol. The normalized spacial score (nSPS) is 9.87. The Bertz CT molecular complexity index is 720. The van der Waals surface area contributed by atoms with Gasteiger partial charge in [0.05, 0.1) is 14.2 Å². The summed E-state index contributed by atoms with van der Waals surface area (Å²) in [6.45, 7) is 0. The van der Waals surface area contributed by atoms with Crippen molar-refractivity contribution in [2.24, 2.45) is 0 Å². The van der Waals surface area contributed by atoms with Gasteiger partial charge in [-0.15, -0.1) is 0 Å². The molecular weight excluding hydrogens is 319 g/mol. The lowest BCUT2D eigenvalue weighted by Gasteiger charge is -2.12. The number of amides is 1. The van der Waals surface area contributed by atoms with Crippen LogP contribution >= 0.6 is 12.2 Å². The van der Waals surface area contributed by atoms with Gasteiger partial charge in [-0.1, -0.05) is 0 Å². The first-order chi connectivity index (χ1) is 11.0. The van der Waals surface area contributed by atoms with Crippen molar-refractivity contribution < 1.29 is 18.7 Å². The van der Waals surface area contributed by atoms with Gasteiger partial charge in [0, 0.05) is 17.3 Å². The molecule has 1 amide bonds. The highest BCUT2D eigenvalue weighted by Gasteiger charge is 2.09. The predicted octanol–water partition coefficient (Wildman–Crippen LogP) is 2.97. The van der Waals surface area contributed by atoms with Crippen LogP contribution in [0.3, 0.4) is 0 Å². The van der Waals surface area contributed by atoms with Gasteiger partial charge in [0.2, 0.25) is 0 Å². The molecule has 0 heterocycles. The summed E-state index contributed by atoms with van der Waals surface area (Å²) >= 11 is 5.09. The van der Waals surface area contributed by atoms with E-state index in [0.29, 0.717) is 22.7 Å². The molecular formula is C16H15FN2O3S. The number of anilines is 1. The molecule has 5 nitrogen and oxygen atoms in total. The summed E-state index contributed by atoms with van der Waals surface area (Å²) in [4.78, 5) is 12.0. The zero-order chi connectivity index (χ0) is 16.8. The Morgan fingerprint density at radius 3 is 2.30 bits per heavy atom. The van der Waals surface area contributed by atoms with E-state index >= 15 is 0 Å². The van der Waals surface area contributed by atoms with Gasteiger partial charge in [0.1, 0.15) is 5.82 Å². The highest BCUT2D eigenvalue weighted by molar-refractivity contribution is 7.80. The molecule has 0 atom stereocenters. The van der Waals surface area contributed by atoms with Crippen molar-refractivity contribution in [1.82, 2.24) is 5.32 Å². The van der Waals surface area contributed by atoms with Crippen molar-refractivity contribution >= 4 is 28.9 Å². The molecule has 0 unspecified atom stereocenters. The number of halogens is 1. The van der Waals surface area contributed by atoms with Gasteiger partial charge in [0.25, 0.3) is 5.91 Å². The second-order valence-corrected chi connectivity index (χ2v) is 4.89. The summed E-state index contributed by atoms with van der Waals surface area (Å²) in [5.41, 5.74) is 0.940. The van der Waals surface area contributed by atoms with Crippen molar-refractivity contribution in [3.05, 3.63) is 53.8 Å². The quantitative estimate of drug-likeness (QED) is 0.842. The Morgan fingerprint density at radius 1 is 1.04 bits per heavy atom. The van der Waals surface area contributed by atoms with Crippen molar-refractivity contribution in [3.63, 3.8) is 0 Å². The van der Waals surface area contributed by atoms with Gasteiger partial charge in [-0.3, -0.25) is 10.1 Å². The fourth-order valence-corrected chi connectivity index (χ4v) is 2.06. The molecule has 0 bridgehead atoms. The minimum atomic E-state index is -0.428. The largest absolute Gasteiger partial charge is 0.493 e. The lowest BCUT2D eigenvalue weighted by molar-refractivity contribution is 0.0977. The summed E-state index contributed by atoms with van der Waals surface area (Å²) in [7, 11) is 3.06. The fraction of sp³-hybridized carbons (Fsp3) is 0.125. The average Bonchev–Trinajstić information content (AvgIpc) is 2.55. The monoisotopic (exact) mass is 334 g/mol. The predicted molar refractivity (Wildman–Crippen MR) is 89.6 cm³/mol. The van der Waals surface area contributed by atoms with Crippen LogP contribution in [0, 0.1) is 5.82 Å². The molecule has 23 heavy (non-hydrogen) atoms. The number of hydrogen-bond acceptors (Lipinski definition) is 4. The molecule has 0 saturated heterocycles. The zero-order valence-electron chi connectivity index (χ0n) is 12.6. The Kier molecular flexibility index (Phi) is 5.48. The summed E-state index contributed by atoms with van der Waals surface area (Å²) in [6.07, 6.45) is 0. The molecule has 2 N–H and O–H groups in total. The van der Waals surface area contributed by atoms with Crippen LogP contribution in [-0.2, 0) is 0 Å². The van der Waals surface area contributed by atoms with Gasteiger partial charge < -0.3 is 14.8 Å². The smallest absolute Gasteiger partial charge is 0.257 e. The maximum Gasteiger partial charge on any atom is 0.257 e. The summed E-state index contributed by atoms with van der Waals surface area (Å²) in [5, 5.41) is 5.50. The topological polar surface area (TPSA) is 59.6 Å². The standard InChI is InChI=1S/C16H15FN2O3S/c1-21-13-8-7-12(9-14(13)22-2)18-16(23)19-15(20)10-3-5-11(17)6-4-10/h3-9H,1-2H3,(H2,18,19,20,23). The van der Waals surface area contributed by atoms with Gasteiger partial charge in [0.15, 0.2) is 16.6 Å². The molecule has 0 radical (unpaired) electrons. The van der Waals surface area contributed by atoms with Crippen LogP contribution in [-0.4, -0.2) is 25.2 Å². The highest BCUT2D eigenvalue weighted by atomic mass is 32.1. The van der Waals surface area contributed by atoms with Crippen LogP contribution < -0.4 is 20.1 Å². The van der Waals surface area contributed by atoms with Crippen molar-refractivity contribution in [3.8, 4) is 11.5 Å². The van der Waals surface area contributed by atoms with E-state index in [1.54, 1.807) is 25.3 Å². The first-order valence-corrected chi connectivity index (χ1v) is 7.04. The van der Waals surface area contributed by atoms with E-state index in [1.165, 1.54) is 31.4 Å². The molecule has 0 aliphatic carbocycles. The number of benzene rings is 2. The van der Waals surface area contributed by atoms with Crippen LogP contribution in [0.1, 0.15) is 10.4 Å². The van der Waals surface area contributed by atoms with Crippen molar-refractivity contribution in [1.29, 1.82) is 0 Å². The van der Waals surface area contributed by atoms with Crippen LogP contribution in [0.2, 0.25) is 0 Å². The number of hydrogen-bond donors (Lipinski definition) is 2. The molecule has 0 aliphatic rings. The van der Waals surface area contributed by atoms with Crippen molar-refractivity contribution in [2.45, 2.75) is 0 Å². The van der Waals surface area contributed by atoms with Gasteiger partial charge >= 0.3 is 0 Å². The van der Waals surface area contributed by atoms with Gasteiger partial charge in [-0.05, 0) is 48.6 Å². The van der Waals surface area contributed by atoms with Gasteiger partial charge in [-0.2, -0.15) is 0 Å². The number of rotatable bonds is 4. The van der Waals surface area contributed by atoms with E-state index in [9.17, 15) is 9.18 Å². The molecule has 2 aromatic carbocycles.